The molecule has 2 aromatic heterocycles. The molecule has 0 fully saturated rings. The van der Waals surface area contributed by atoms with Crippen molar-refractivity contribution in [2.24, 2.45) is 0 Å². The van der Waals surface area contributed by atoms with E-state index in [4.69, 9.17) is 5.11 Å². The van der Waals surface area contributed by atoms with Crippen LogP contribution in [0.2, 0.25) is 0 Å². The van der Waals surface area contributed by atoms with Gasteiger partial charge in [-0.15, -0.1) is 0 Å². The number of nitrogens with zero attached hydrogens (tertiary/aromatic N) is 3. The highest BCUT2D eigenvalue weighted by Gasteiger charge is 1.99. The first-order valence-electron chi connectivity index (χ1n) is 4.49. The summed E-state index contributed by atoms with van der Waals surface area (Å²) in [6.07, 6.45) is 7.08. The molecule has 0 bridgehead atoms. The number of hydrogen-bond donors (Lipinski definition) is 1. The molecular weight excluding hydrogens is 258 g/mol. The van der Waals surface area contributed by atoms with Gasteiger partial charge >= 0.3 is 0 Å². The molecule has 0 saturated heterocycles. The number of imidazole rings is 1. The van der Waals surface area contributed by atoms with Gasteiger partial charge in [-0.05, 0) is 27.6 Å². The summed E-state index contributed by atoms with van der Waals surface area (Å²) in [5.41, 5.74) is 1.77. The Kier molecular flexibility index (Phi) is 3.13. The molecule has 0 radical (unpaired) electrons. The van der Waals surface area contributed by atoms with Gasteiger partial charge in [0.15, 0.2) is 0 Å². The zero-order chi connectivity index (χ0) is 10.7. The van der Waals surface area contributed by atoms with Crippen LogP contribution < -0.4 is 0 Å². The van der Waals surface area contributed by atoms with E-state index < -0.39 is 0 Å². The Bertz CT molecular complexity index is 455. The summed E-state index contributed by atoms with van der Waals surface area (Å²) < 4.78 is 2.87. The summed E-state index contributed by atoms with van der Waals surface area (Å²) in [6.45, 7) is 0.684. The van der Waals surface area contributed by atoms with Gasteiger partial charge in [-0.25, -0.2) is 4.98 Å². The third kappa shape index (κ3) is 2.64. The lowest BCUT2D eigenvalue weighted by Crippen LogP contribution is -1.96. The highest BCUT2D eigenvalue weighted by atomic mass is 79.9. The third-order valence-corrected chi connectivity index (χ3v) is 2.41. The Morgan fingerprint density at radius 1 is 1.40 bits per heavy atom. The average molecular weight is 268 g/mol. The standard InChI is InChI=1S/C10H10BrN3O/c11-9-1-8(2-12-3-9)4-14-5-10(6-15)13-7-14/h1-3,5,7,15H,4,6H2. The Morgan fingerprint density at radius 3 is 2.93 bits per heavy atom. The minimum atomic E-state index is -0.0241. The van der Waals surface area contributed by atoms with Crippen molar-refractivity contribution in [3.63, 3.8) is 0 Å². The van der Waals surface area contributed by atoms with E-state index in [1.54, 1.807) is 12.5 Å². The van der Waals surface area contributed by atoms with Crippen molar-refractivity contribution in [1.82, 2.24) is 14.5 Å². The molecule has 0 aliphatic heterocycles. The van der Waals surface area contributed by atoms with Crippen LogP contribution >= 0.6 is 15.9 Å². The Morgan fingerprint density at radius 2 is 2.27 bits per heavy atom. The summed E-state index contributed by atoms with van der Waals surface area (Å²) in [5.74, 6) is 0. The fourth-order valence-electron chi connectivity index (χ4n) is 1.33. The van der Waals surface area contributed by atoms with Crippen LogP contribution in [0.5, 0.6) is 0 Å². The van der Waals surface area contributed by atoms with Crippen LogP contribution in [0.4, 0.5) is 0 Å². The number of hydrogen-bond acceptors (Lipinski definition) is 3. The van der Waals surface area contributed by atoms with Gasteiger partial charge in [0.2, 0.25) is 0 Å². The molecule has 5 heteroatoms. The lowest BCUT2D eigenvalue weighted by molar-refractivity contribution is 0.277. The normalized spacial score (nSPS) is 10.5. The Labute approximate surface area is 95.7 Å². The number of aromatic nitrogens is 3. The number of halogens is 1. The first kappa shape index (κ1) is 10.3. The lowest BCUT2D eigenvalue weighted by Gasteiger charge is -2.01. The van der Waals surface area contributed by atoms with Crippen molar-refractivity contribution in [2.45, 2.75) is 13.2 Å². The molecule has 0 aromatic carbocycles. The number of rotatable bonds is 3. The van der Waals surface area contributed by atoms with E-state index in [1.165, 1.54) is 0 Å². The Hall–Kier alpha value is -1.20. The molecule has 0 saturated carbocycles. The monoisotopic (exact) mass is 267 g/mol. The van der Waals surface area contributed by atoms with Crippen molar-refractivity contribution in [1.29, 1.82) is 0 Å². The van der Waals surface area contributed by atoms with E-state index in [-0.39, 0.29) is 6.61 Å². The van der Waals surface area contributed by atoms with E-state index in [1.807, 2.05) is 23.0 Å². The van der Waals surface area contributed by atoms with E-state index in [0.717, 1.165) is 10.0 Å². The molecule has 15 heavy (non-hydrogen) atoms. The smallest absolute Gasteiger partial charge is 0.0953 e. The molecule has 2 heterocycles. The third-order valence-electron chi connectivity index (χ3n) is 1.98. The van der Waals surface area contributed by atoms with Crippen LogP contribution in [0.15, 0.2) is 35.5 Å². The molecule has 0 aliphatic carbocycles. The molecule has 2 aromatic rings. The molecule has 0 amide bonds. The summed E-state index contributed by atoms with van der Waals surface area (Å²) in [7, 11) is 0. The van der Waals surface area contributed by atoms with Crippen LogP contribution in [-0.2, 0) is 13.2 Å². The maximum atomic E-state index is 8.87. The summed E-state index contributed by atoms with van der Waals surface area (Å²) in [5, 5.41) is 8.87. The van der Waals surface area contributed by atoms with Crippen LogP contribution in [0.3, 0.4) is 0 Å². The SMILES string of the molecule is OCc1cn(Cc2cncc(Br)c2)cn1. The average Bonchev–Trinajstić information content (AvgIpc) is 2.65. The van der Waals surface area contributed by atoms with Crippen molar-refractivity contribution in [3.05, 3.63) is 46.7 Å². The summed E-state index contributed by atoms with van der Waals surface area (Å²) in [6, 6.07) is 2.01. The fourth-order valence-corrected chi connectivity index (χ4v) is 1.74. The fraction of sp³-hybridized carbons (Fsp3) is 0.200. The van der Waals surface area contributed by atoms with E-state index in [9.17, 15) is 0 Å². The van der Waals surface area contributed by atoms with Crippen molar-refractivity contribution < 1.29 is 5.11 Å². The molecular formula is C10H10BrN3O. The summed E-state index contributed by atoms with van der Waals surface area (Å²) >= 11 is 3.37. The predicted octanol–water partition coefficient (Wildman–Crippen LogP) is 1.58. The highest BCUT2D eigenvalue weighted by Crippen LogP contribution is 2.10. The van der Waals surface area contributed by atoms with Gasteiger partial charge in [0.25, 0.3) is 0 Å². The zero-order valence-electron chi connectivity index (χ0n) is 7.97. The van der Waals surface area contributed by atoms with Crippen molar-refractivity contribution >= 4 is 15.9 Å². The lowest BCUT2D eigenvalue weighted by atomic mass is 10.3. The molecule has 2 rings (SSSR count). The minimum absolute atomic E-state index is 0.0241. The maximum absolute atomic E-state index is 8.87. The largest absolute Gasteiger partial charge is 0.390 e. The van der Waals surface area contributed by atoms with Crippen LogP contribution in [0.1, 0.15) is 11.3 Å². The second-order valence-electron chi connectivity index (χ2n) is 3.21. The van der Waals surface area contributed by atoms with Gasteiger partial charge in [-0.3, -0.25) is 4.98 Å². The molecule has 0 spiro atoms. The molecule has 0 unspecified atom stereocenters. The van der Waals surface area contributed by atoms with Gasteiger partial charge in [0, 0.05) is 23.1 Å². The molecule has 1 N–H and O–H groups in total. The van der Waals surface area contributed by atoms with Crippen molar-refractivity contribution in [2.75, 3.05) is 0 Å². The van der Waals surface area contributed by atoms with Crippen LogP contribution in [-0.4, -0.2) is 19.6 Å². The molecule has 4 nitrogen and oxygen atoms in total. The van der Waals surface area contributed by atoms with Crippen LogP contribution in [0, 0.1) is 0 Å². The molecule has 0 aliphatic rings. The maximum Gasteiger partial charge on any atom is 0.0953 e. The zero-order valence-corrected chi connectivity index (χ0v) is 9.55. The predicted molar refractivity (Wildman–Crippen MR) is 59.2 cm³/mol. The highest BCUT2D eigenvalue weighted by molar-refractivity contribution is 9.10. The van der Waals surface area contributed by atoms with Crippen LogP contribution in [0.25, 0.3) is 0 Å². The first-order chi connectivity index (χ1) is 7.28. The Balaban J connectivity index is 2.14. The van der Waals surface area contributed by atoms with Gasteiger partial charge in [0.05, 0.1) is 25.2 Å². The van der Waals surface area contributed by atoms with E-state index >= 15 is 0 Å². The summed E-state index contributed by atoms with van der Waals surface area (Å²) in [4.78, 5) is 8.11. The van der Waals surface area contributed by atoms with Gasteiger partial charge in [-0.1, -0.05) is 0 Å². The van der Waals surface area contributed by atoms with E-state index in [0.29, 0.717) is 12.2 Å². The first-order valence-corrected chi connectivity index (χ1v) is 5.28. The number of aliphatic hydroxyl groups is 1. The molecule has 0 atom stereocenters. The quantitative estimate of drug-likeness (QED) is 0.919. The van der Waals surface area contributed by atoms with Gasteiger partial charge in [0.1, 0.15) is 0 Å². The topological polar surface area (TPSA) is 50.9 Å². The second kappa shape index (κ2) is 4.55. The minimum Gasteiger partial charge on any atom is -0.390 e. The molecule has 78 valence electrons. The number of aliphatic hydroxyl groups excluding tert-OH is 1. The van der Waals surface area contributed by atoms with Crippen molar-refractivity contribution in [3.8, 4) is 0 Å². The second-order valence-corrected chi connectivity index (χ2v) is 4.12. The number of pyridine rings is 1. The van der Waals surface area contributed by atoms with E-state index in [2.05, 4.69) is 25.9 Å². The van der Waals surface area contributed by atoms with Gasteiger partial charge < -0.3 is 9.67 Å². The van der Waals surface area contributed by atoms with Gasteiger partial charge in [-0.2, -0.15) is 0 Å².